The minimum absolute atomic E-state index is 0.627. The molecule has 1 N–H and O–H groups in total. The third kappa shape index (κ3) is 2.28. The molecule has 0 aliphatic heterocycles. The molecule has 3 heteroatoms. The van der Waals surface area contributed by atoms with Gasteiger partial charge in [-0.05, 0) is 24.5 Å². The Balaban J connectivity index is 2.91. The Bertz CT molecular complexity index is 290. The Labute approximate surface area is 78.1 Å². The van der Waals surface area contributed by atoms with Crippen molar-refractivity contribution in [1.82, 2.24) is 4.98 Å². The van der Waals surface area contributed by atoms with Gasteiger partial charge in [-0.3, -0.25) is 4.98 Å². The second-order valence-corrected chi connectivity index (χ2v) is 2.81. The van der Waals surface area contributed by atoms with Crippen molar-refractivity contribution >= 4 is 5.71 Å². The Kier molecular flexibility index (Phi) is 3.43. The number of aromatic nitrogens is 1. The summed E-state index contributed by atoms with van der Waals surface area (Å²) in [5.41, 5.74) is 2.57. The Morgan fingerprint density at radius 1 is 1.46 bits per heavy atom. The number of hydrogen-bond acceptors (Lipinski definition) is 3. The van der Waals surface area contributed by atoms with Gasteiger partial charge < -0.3 is 5.21 Å². The highest BCUT2D eigenvalue weighted by Crippen LogP contribution is 2.04. The predicted molar refractivity (Wildman–Crippen MR) is 52.2 cm³/mol. The molecule has 0 saturated carbocycles. The maximum Gasteiger partial charge on any atom is 0.105 e. The van der Waals surface area contributed by atoms with Crippen LogP contribution in [-0.4, -0.2) is 15.9 Å². The molecule has 0 amide bonds. The summed E-state index contributed by atoms with van der Waals surface area (Å²) in [4.78, 5) is 4.20. The van der Waals surface area contributed by atoms with Crippen LogP contribution in [-0.2, 0) is 6.42 Å². The molecule has 1 aromatic heterocycles. The highest BCUT2D eigenvalue weighted by Gasteiger charge is 2.02. The first kappa shape index (κ1) is 9.71. The van der Waals surface area contributed by atoms with Gasteiger partial charge in [-0.2, -0.15) is 0 Å². The largest absolute Gasteiger partial charge is 0.411 e. The second-order valence-electron chi connectivity index (χ2n) is 2.81. The molecule has 0 saturated heterocycles. The monoisotopic (exact) mass is 178 g/mol. The van der Waals surface area contributed by atoms with Crippen molar-refractivity contribution in [1.29, 1.82) is 0 Å². The lowest BCUT2D eigenvalue weighted by atomic mass is 10.1. The third-order valence-electron chi connectivity index (χ3n) is 1.98. The van der Waals surface area contributed by atoms with E-state index in [2.05, 4.69) is 17.1 Å². The Hall–Kier alpha value is -1.38. The summed E-state index contributed by atoms with van der Waals surface area (Å²) in [7, 11) is 0. The van der Waals surface area contributed by atoms with E-state index in [-0.39, 0.29) is 0 Å². The van der Waals surface area contributed by atoms with Gasteiger partial charge in [0, 0.05) is 6.20 Å². The first-order valence-corrected chi connectivity index (χ1v) is 4.48. The summed E-state index contributed by atoms with van der Waals surface area (Å²) in [6, 6.07) is 3.89. The lowest BCUT2D eigenvalue weighted by molar-refractivity contribution is 0.318. The van der Waals surface area contributed by atoms with Crippen LogP contribution in [0.3, 0.4) is 0 Å². The molecule has 0 radical (unpaired) electrons. The normalized spacial score (nSPS) is 11.7. The van der Waals surface area contributed by atoms with Crippen LogP contribution in [0, 0.1) is 0 Å². The van der Waals surface area contributed by atoms with Crippen molar-refractivity contribution in [2.24, 2.45) is 5.16 Å². The first-order valence-electron chi connectivity index (χ1n) is 4.48. The summed E-state index contributed by atoms with van der Waals surface area (Å²) in [6.45, 7) is 4.02. The van der Waals surface area contributed by atoms with Gasteiger partial charge in [0.15, 0.2) is 0 Å². The molecule has 0 unspecified atom stereocenters. The highest BCUT2D eigenvalue weighted by atomic mass is 16.4. The van der Waals surface area contributed by atoms with E-state index in [1.165, 1.54) is 5.56 Å². The van der Waals surface area contributed by atoms with Gasteiger partial charge in [-0.1, -0.05) is 25.1 Å². The van der Waals surface area contributed by atoms with Crippen LogP contribution in [0.5, 0.6) is 0 Å². The molecule has 0 aliphatic rings. The van der Waals surface area contributed by atoms with Gasteiger partial charge >= 0.3 is 0 Å². The molecular formula is C10H14N2O. The molecule has 1 rings (SSSR count). The van der Waals surface area contributed by atoms with Crippen LogP contribution < -0.4 is 0 Å². The molecule has 13 heavy (non-hydrogen) atoms. The molecule has 0 atom stereocenters. The molecule has 1 aromatic rings. The standard InChI is InChI=1S/C10H14N2O/c1-3-8-5-6-10(11-7-8)9(4-2)12-13/h5-7,13H,3-4H2,1-2H3. The molecule has 70 valence electrons. The van der Waals surface area contributed by atoms with Crippen molar-refractivity contribution < 1.29 is 5.21 Å². The van der Waals surface area contributed by atoms with E-state index in [0.717, 1.165) is 12.1 Å². The lowest BCUT2D eigenvalue weighted by Crippen LogP contribution is -2.02. The molecule has 0 aromatic carbocycles. The maximum atomic E-state index is 8.65. The van der Waals surface area contributed by atoms with Gasteiger partial charge in [-0.15, -0.1) is 0 Å². The topological polar surface area (TPSA) is 45.5 Å². The summed E-state index contributed by atoms with van der Waals surface area (Å²) in [5, 5.41) is 11.8. The summed E-state index contributed by atoms with van der Waals surface area (Å²) in [5.74, 6) is 0. The molecule has 0 spiro atoms. The van der Waals surface area contributed by atoms with Crippen molar-refractivity contribution in [2.75, 3.05) is 0 Å². The minimum Gasteiger partial charge on any atom is -0.411 e. The average Bonchev–Trinajstić information content (AvgIpc) is 2.21. The molecule has 1 heterocycles. The third-order valence-corrected chi connectivity index (χ3v) is 1.98. The zero-order valence-corrected chi connectivity index (χ0v) is 7.99. The van der Waals surface area contributed by atoms with Crippen LogP contribution in [0.2, 0.25) is 0 Å². The van der Waals surface area contributed by atoms with Crippen molar-refractivity contribution in [3.8, 4) is 0 Å². The molecule has 0 fully saturated rings. The fourth-order valence-electron chi connectivity index (χ4n) is 1.11. The maximum absolute atomic E-state index is 8.65. The van der Waals surface area contributed by atoms with Gasteiger partial charge in [0.2, 0.25) is 0 Å². The van der Waals surface area contributed by atoms with Crippen LogP contribution in [0.1, 0.15) is 31.5 Å². The number of nitrogens with zero attached hydrogens (tertiary/aromatic N) is 2. The van der Waals surface area contributed by atoms with E-state index in [4.69, 9.17) is 5.21 Å². The number of rotatable bonds is 3. The highest BCUT2D eigenvalue weighted by molar-refractivity contribution is 5.98. The zero-order valence-electron chi connectivity index (χ0n) is 7.99. The van der Waals surface area contributed by atoms with E-state index >= 15 is 0 Å². The van der Waals surface area contributed by atoms with Crippen LogP contribution in [0.15, 0.2) is 23.5 Å². The van der Waals surface area contributed by atoms with Gasteiger partial charge in [0.1, 0.15) is 5.71 Å². The van der Waals surface area contributed by atoms with Crippen LogP contribution in [0.4, 0.5) is 0 Å². The van der Waals surface area contributed by atoms with Crippen molar-refractivity contribution in [3.05, 3.63) is 29.6 Å². The number of hydrogen-bond donors (Lipinski definition) is 1. The van der Waals surface area contributed by atoms with Gasteiger partial charge in [0.25, 0.3) is 0 Å². The Morgan fingerprint density at radius 2 is 2.23 bits per heavy atom. The van der Waals surface area contributed by atoms with E-state index in [0.29, 0.717) is 12.1 Å². The Morgan fingerprint density at radius 3 is 2.62 bits per heavy atom. The van der Waals surface area contributed by atoms with Gasteiger partial charge in [0.05, 0.1) is 5.69 Å². The summed E-state index contributed by atoms with van der Waals surface area (Å²) >= 11 is 0. The summed E-state index contributed by atoms with van der Waals surface area (Å²) < 4.78 is 0. The molecular weight excluding hydrogens is 164 g/mol. The zero-order chi connectivity index (χ0) is 9.68. The number of oxime groups is 1. The molecule has 0 aliphatic carbocycles. The fourth-order valence-corrected chi connectivity index (χ4v) is 1.11. The van der Waals surface area contributed by atoms with E-state index < -0.39 is 0 Å². The van der Waals surface area contributed by atoms with Crippen LogP contribution in [0.25, 0.3) is 0 Å². The van der Waals surface area contributed by atoms with Crippen LogP contribution >= 0.6 is 0 Å². The van der Waals surface area contributed by atoms with E-state index in [1.54, 1.807) is 0 Å². The average molecular weight is 178 g/mol. The van der Waals surface area contributed by atoms with Crippen molar-refractivity contribution in [3.63, 3.8) is 0 Å². The van der Waals surface area contributed by atoms with E-state index in [1.807, 2.05) is 25.3 Å². The first-order chi connectivity index (χ1) is 6.31. The summed E-state index contributed by atoms with van der Waals surface area (Å²) in [6.07, 6.45) is 3.48. The van der Waals surface area contributed by atoms with Crippen molar-refractivity contribution in [2.45, 2.75) is 26.7 Å². The van der Waals surface area contributed by atoms with Gasteiger partial charge in [-0.25, -0.2) is 0 Å². The number of aryl methyl sites for hydroxylation is 1. The predicted octanol–water partition coefficient (Wildman–Crippen LogP) is 2.23. The quantitative estimate of drug-likeness (QED) is 0.438. The smallest absolute Gasteiger partial charge is 0.105 e. The molecule has 3 nitrogen and oxygen atoms in total. The minimum atomic E-state index is 0.627. The number of pyridine rings is 1. The fraction of sp³-hybridized carbons (Fsp3) is 0.400. The van der Waals surface area contributed by atoms with E-state index in [9.17, 15) is 0 Å². The second kappa shape index (κ2) is 4.60. The SMILES string of the molecule is CCC(=NO)c1ccc(CC)cn1. The molecule has 0 bridgehead atoms. The lowest BCUT2D eigenvalue weighted by Gasteiger charge is -2.01.